The summed E-state index contributed by atoms with van der Waals surface area (Å²) < 4.78 is 10.3. The zero-order valence-electron chi connectivity index (χ0n) is 11.8. The molecule has 0 fully saturated rings. The Morgan fingerprint density at radius 3 is 2.33 bits per heavy atom. The van der Waals surface area contributed by atoms with E-state index in [1.165, 1.54) is 32.1 Å². The van der Waals surface area contributed by atoms with Gasteiger partial charge in [-0.15, -0.1) is 0 Å². The van der Waals surface area contributed by atoms with Gasteiger partial charge in [0, 0.05) is 14.2 Å². The first kappa shape index (κ1) is 17.0. The average molecular weight is 250 g/mol. The van der Waals surface area contributed by atoms with E-state index in [0.29, 0.717) is 0 Å². The highest BCUT2D eigenvalue weighted by atomic mass is 16.7. The molecule has 0 bridgehead atoms. The molecule has 0 amide bonds. The minimum absolute atomic E-state index is 0.0311. The Labute approximate surface area is 112 Å². The molecule has 0 spiro atoms. The molecule has 2 nitrogen and oxygen atoms in total. The number of ether oxygens (including phenoxy) is 2. The Bertz CT molecular complexity index is 267. The van der Waals surface area contributed by atoms with E-state index in [1.54, 1.807) is 20.3 Å². The Morgan fingerprint density at radius 2 is 1.67 bits per heavy atom. The minimum Gasteiger partial charge on any atom is -0.356 e. The van der Waals surface area contributed by atoms with E-state index < -0.39 is 0 Å². The average Bonchev–Trinajstić information content (AvgIpc) is 2.40. The van der Waals surface area contributed by atoms with Crippen LogP contribution in [-0.4, -0.2) is 20.5 Å². The molecule has 0 aliphatic carbocycles. The molecule has 0 unspecified atom stereocenters. The van der Waals surface area contributed by atoms with E-state index in [1.807, 2.05) is 6.08 Å². The highest BCUT2D eigenvalue weighted by Crippen LogP contribution is 2.10. The fraction of sp³-hybridized carbons (Fsp3) is 0.625. The topological polar surface area (TPSA) is 18.5 Å². The van der Waals surface area contributed by atoms with Gasteiger partial charge in [-0.2, -0.15) is 0 Å². The Balaban J connectivity index is 3.25. The quantitative estimate of drug-likeness (QED) is 0.330. The zero-order chi connectivity index (χ0) is 13.5. The van der Waals surface area contributed by atoms with Crippen molar-refractivity contribution >= 4 is 0 Å². The second-order valence-corrected chi connectivity index (χ2v) is 4.14. The highest BCUT2D eigenvalue weighted by molar-refractivity contribution is 5.21. The summed E-state index contributed by atoms with van der Waals surface area (Å²) in [7, 11) is 3.38. The van der Waals surface area contributed by atoms with Crippen molar-refractivity contribution in [2.75, 3.05) is 14.2 Å². The second kappa shape index (κ2) is 14.0. The second-order valence-electron chi connectivity index (χ2n) is 4.14. The van der Waals surface area contributed by atoms with Crippen LogP contribution in [0, 0.1) is 11.8 Å². The lowest BCUT2D eigenvalue weighted by molar-refractivity contribution is -0.107. The van der Waals surface area contributed by atoms with Crippen molar-refractivity contribution < 1.29 is 9.47 Å². The molecule has 0 saturated heterocycles. The van der Waals surface area contributed by atoms with Crippen LogP contribution in [0.4, 0.5) is 0 Å². The summed E-state index contributed by atoms with van der Waals surface area (Å²) in [6, 6.07) is 0. The number of hydrogen-bond donors (Lipinski definition) is 0. The van der Waals surface area contributed by atoms with Gasteiger partial charge in [-0.25, -0.2) is 0 Å². The molecule has 0 N–H and O–H groups in total. The van der Waals surface area contributed by atoms with Crippen LogP contribution in [0.25, 0.3) is 0 Å². The Morgan fingerprint density at radius 1 is 1.00 bits per heavy atom. The van der Waals surface area contributed by atoms with Crippen LogP contribution < -0.4 is 0 Å². The third-order valence-electron chi connectivity index (χ3n) is 2.72. The smallest absolute Gasteiger partial charge is 0.156 e. The van der Waals surface area contributed by atoms with E-state index in [2.05, 4.69) is 24.5 Å². The van der Waals surface area contributed by atoms with Gasteiger partial charge in [0.2, 0.25) is 0 Å². The van der Waals surface area contributed by atoms with Gasteiger partial charge in [-0.05, 0) is 37.8 Å². The number of allylic oxidation sites excluding steroid dienone is 3. The molecule has 0 aliphatic rings. The van der Waals surface area contributed by atoms with Crippen LogP contribution in [0.1, 0.15) is 44.9 Å². The van der Waals surface area contributed by atoms with Crippen LogP contribution >= 0.6 is 0 Å². The predicted molar refractivity (Wildman–Crippen MR) is 77.2 cm³/mol. The normalized spacial score (nSPS) is 10.6. The van der Waals surface area contributed by atoms with Crippen LogP contribution in [0.5, 0.6) is 0 Å². The Kier molecular flexibility index (Phi) is 13.2. The van der Waals surface area contributed by atoms with Gasteiger partial charge in [-0.1, -0.05) is 43.8 Å². The standard InChI is InChI=1S/C16H26O2/c1-4-5-6-7-8-9-10-11-12-13-14-15-16(17-2)18-3/h4,7-8,16H,1,9-15H2,2-3H3/b8-7-. The number of unbranched alkanes of at least 4 members (excludes halogenated alkanes) is 5. The Hall–Kier alpha value is -1.04. The summed E-state index contributed by atoms with van der Waals surface area (Å²) in [5, 5.41) is 0. The van der Waals surface area contributed by atoms with Crippen molar-refractivity contribution in [3.63, 3.8) is 0 Å². The zero-order valence-corrected chi connectivity index (χ0v) is 11.8. The molecule has 0 aromatic heterocycles. The van der Waals surface area contributed by atoms with Crippen molar-refractivity contribution in [1.29, 1.82) is 0 Å². The number of hydrogen-bond acceptors (Lipinski definition) is 2. The third kappa shape index (κ3) is 11.4. The van der Waals surface area contributed by atoms with E-state index in [0.717, 1.165) is 12.8 Å². The number of rotatable bonds is 10. The first-order chi connectivity index (χ1) is 8.85. The minimum atomic E-state index is -0.0311. The fourth-order valence-electron chi connectivity index (χ4n) is 1.68. The first-order valence-corrected chi connectivity index (χ1v) is 6.67. The molecule has 18 heavy (non-hydrogen) atoms. The maximum absolute atomic E-state index is 5.14. The summed E-state index contributed by atoms with van der Waals surface area (Å²) in [6.07, 6.45) is 13.9. The molecule has 0 aliphatic heterocycles. The van der Waals surface area contributed by atoms with Crippen molar-refractivity contribution in [3.05, 3.63) is 24.8 Å². The molecule has 0 atom stereocenters. The van der Waals surface area contributed by atoms with Gasteiger partial charge < -0.3 is 9.47 Å². The molecule has 2 heteroatoms. The van der Waals surface area contributed by atoms with E-state index in [9.17, 15) is 0 Å². The van der Waals surface area contributed by atoms with E-state index in [-0.39, 0.29) is 6.29 Å². The van der Waals surface area contributed by atoms with Crippen LogP contribution in [-0.2, 0) is 9.47 Å². The van der Waals surface area contributed by atoms with Crippen LogP contribution in [0.15, 0.2) is 24.8 Å². The lowest BCUT2D eigenvalue weighted by Gasteiger charge is -2.12. The van der Waals surface area contributed by atoms with Crippen LogP contribution in [0.2, 0.25) is 0 Å². The largest absolute Gasteiger partial charge is 0.356 e. The molecule has 0 aromatic rings. The molecule has 102 valence electrons. The number of methoxy groups -OCH3 is 2. The predicted octanol–water partition coefficient (Wildman–Crippen LogP) is 4.08. The van der Waals surface area contributed by atoms with E-state index in [4.69, 9.17) is 9.47 Å². The monoisotopic (exact) mass is 250 g/mol. The summed E-state index contributed by atoms with van der Waals surface area (Å²) in [4.78, 5) is 0. The van der Waals surface area contributed by atoms with Gasteiger partial charge in [0.25, 0.3) is 0 Å². The van der Waals surface area contributed by atoms with Crippen molar-refractivity contribution in [3.8, 4) is 11.8 Å². The SMILES string of the molecule is C=CC#C/C=C\CCCCCCCC(OC)OC. The van der Waals surface area contributed by atoms with Gasteiger partial charge in [-0.3, -0.25) is 0 Å². The lowest BCUT2D eigenvalue weighted by Crippen LogP contribution is -2.12. The van der Waals surface area contributed by atoms with Gasteiger partial charge in [0.15, 0.2) is 6.29 Å². The maximum Gasteiger partial charge on any atom is 0.156 e. The maximum atomic E-state index is 5.14. The van der Waals surface area contributed by atoms with Crippen molar-refractivity contribution in [2.24, 2.45) is 0 Å². The highest BCUT2D eigenvalue weighted by Gasteiger charge is 2.03. The van der Waals surface area contributed by atoms with Crippen molar-refractivity contribution in [2.45, 2.75) is 51.2 Å². The molecular formula is C16H26O2. The molecular weight excluding hydrogens is 224 g/mol. The molecule has 0 saturated carbocycles. The molecule has 0 aromatic carbocycles. The summed E-state index contributed by atoms with van der Waals surface area (Å²) in [6.45, 7) is 3.54. The van der Waals surface area contributed by atoms with E-state index >= 15 is 0 Å². The van der Waals surface area contributed by atoms with Gasteiger partial charge >= 0.3 is 0 Å². The molecule has 0 heterocycles. The van der Waals surface area contributed by atoms with Gasteiger partial charge in [0.05, 0.1) is 0 Å². The lowest BCUT2D eigenvalue weighted by atomic mass is 10.1. The fourth-order valence-corrected chi connectivity index (χ4v) is 1.68. The molecule has 0 rings (SSSR count). The van der Waals surface area contributed by atoms with Gasteiger partial charge in [0.1, 0.15) is 0 Å². The van der Waals surface area contributed by atoms with Crippen molar-refractivity contribution in [1.82, 2.24) is 0 Å². The molecule has 0 radical (unpaired) electrons. The first-order valence-electron chi connectivity index (χ1n) is 6.67. The summed E-state index contributed by atoms with van der Waals surface area (Å²) >= 11 is 0. The summed E-state index contributed by atoms with van der Waals surface area (Å²) in [5.41, 5.74) is 0. The third-order valence-corrected chi connectivity index (χ3v) is 2.72. The summed E-state index contributed by atoms with van der Waals surface area (Å²) in [5.74, 6) is 5.69. The van der Waals surface area contributed by atoms with Crippen LogP contribution in [0.3, 0.4) is 0 Å².